The van der Waals surface area contributed by atoms with Crippen LogP contribution in [0.15, 0.2) is 35.2 Å². The van der Waals surface area contributed by atoms with Crippen LogP contribution in [0.4, 0.5) is 0 Å². The number of carbonyl (C=O) groups excluding carboxylic acids is 1. The molecule has 1 rings (SSSR count). The van der Waals surface area contributed by atoms with Crippen LogP contribution in [0.2, 0.25) is 0 Å². The Balaban J connectivity index is 2.38. The molecule has 0 fully saturated rings. The topological polar surface area (TPSA) is 40.5 Å². The van der Waals surface area contributed by atoms with E-state index in [1.165, 1.54) is 4.90 Å². The van der Waals surface area contributed by atoms with Gasteiger partial charge in [0.25, 0.3) is 0 Å². The van der Waals surface area contributed by atoms with Crippen molar-refractivity contribution in [2.45, 2.75) is 30.7 Å². The Hall–Kier alpha value is -1.00. The number of rotatable bonds is 6. The van der Waals surface area contributed by atoms with Gasteiger partial charge in [-0.05, 0) is 26.0 Å². The van der Waals surface area contributed by atoms with Crippen LogP contribution in [0.3, 0.4) is 0 Å². The molecule has 1 N–H and O–H groups in total. The van der Waals surface area contributed by atoms with Crippen molar-refractivity contribution in [2.24, 2.45) is 0 Å². The SMILES string of the molecule is CN(C(=O)CCSc1ccccc1)C(C)(C)CO. The molecule has 1 aromatic carbocycles. The average Bonchev–Trinajstić information content (AvgIpc) is 2.39. The lowest BCUT2D eigenvalue weighted by Gasteiger charge is -2.34. The van der Waals surface area contributed by atoms with Gasteiger partial charge >= 0.3 is 0 Å². The molecule has 0 aliphatic heterocycles. The standard InChI is InChI=1S/C14H21NO2S/c1-14(2,11-16)15(3)13(17)9-10-18-12-7-5-4-6-8-12/h4-8,16H,9-11H2,1-3H3. The molecular weight excluding hydrogens is 246 g/mol. The first-order valence-corrected chi connectivity index (χ1v) is 7.01. The molecule has 0 spiro atoms. The van der Waals surface area contributed by atoms with Crippen LogP contribution in [-0.4, -0.2) is 40.9 Å². The Labute approximate surface area is 113 Å². The minimum Gasteiger partial charge on any atom is -0.394 e. The first-order chi connectivity index (χ1) is 8.47. The summed E-state index contributed by atoms with van der Waals surface area (Å²) in [7, 11) is 1.74. The number of aliphatic hydroxyl groups excluding tert-OH is 1. The summed E-state index contributed by atoms with van der Waals surface area (Å²) in [5.74, 6) is 0.826. The lowest BCUT2D eigenvalue weighted by atomic mass is 10.1. The Morgan fingerprint density at radius 3 is 2.50 bits per heavy atom. The predicted molar refractivity (Wildman–Crippen MR) is 75.7 cm³/mol. The largest absolute Gasteiger partial charge is 0.394 e. The highest BCUT2D eigenvalue weighted by Crippen LogP contribution is 2.19. The maximum atomic E-state index is 11.9. The van der Waals surface area contributed by atoms with E-state index in [9.17, 15) is 9.90 Å². The second-order valence-corrected chi connectivity index (χ2v) is 6.00. The Bertz CT molecular complexity index is 379. The number of thioether (sulfide) groups is 1. The van der Waals surface area contributed by atoms with E-state index in [0.717, 1.165) is 5.75 Å². The lowest BCUT2D eigenvalue weighted by Crippen LogP contribution is -2.47. The molecule has 0 aromatic heterocycles. The minimum absolute atomic E-state index is 0.0267. The molecule has 0 bridgehead atoms. The summed E-state index contributed by atoms with van der Waals surface area (Å²) < 4.78 is 0. The molecule has 18 heavy (non-hydrogen) atoms. The zero-order valence-electron chi connectivity index (χ0n) is 11.2. The first-order valence-electron chi connectivity index (χ1n) is 6.03. The van der Waals surface area contributed by atoms with E-state index in [-0.39, 0.29) is 12.5 Å². The van der Waals surface area contributed by atoms with E-state index < -0.39 is 5.54 Å². The van der Waals surface area contributed by atoms with Crippen LogP contribution in [0.5, 0.6) is 0 Å². The third kappa shape index (κ3) is 4.35. The molecule has 3 nitrogen and oxygen atoms in total. The van der Waals surface area contributed by atoms with Crippen LogP contribution in [0.1, 0.15) is 20.3 Å². The Morgan fingerprint density at radius 1 is 1.33 bits per heavy atom. The molecule has 0 heterocycles. The van der Waals surface area contributed by atoms with Crippen LogP contribution in [0, 0.1) is 0 Å². The zero-order chi connectivity index (χ0) is 13.6. The Morgan fingerprint density at radius 2 is 1.94 bits per heavy atom. The van der Waals surface area contributed by atoms with E-state index in [0.29, 0.717) is 6.42 Å². The third-order valence-corrected chi connectivity index (χ3v) is 4.01. The predicted octanol–water partition coefficient (Wildman–Crippen LogP) is 2.40. The van der Waals surface area contributed by atoms with Crippen molar-refractivity contribution in [1.29, 1.82) is 0 Å². The maximum Gasteiger partial charge on any atom is 0.223 e. The molecule has 0 atom stereocenters. The summed E-state index contributed by atoms with van der Waals surface area (Å²) in [5.41, 5.74) is -0.492. The number of carbonyl (C=O) groups is 1. The third-order valence-electron chi connectivity index (χ3n) is 3.00. The van der Waals surface area contributed by atoms with E-state index in [1.807, 2.05) is 44.2 Å². The van der Waals surface area contributed by atoms with Gasteiger partial charge in [0.1, 0.15) is 0 Å². The molecule has 0 aliphatic rings. The molecular formula is C14H21NO2S. The lowest BCUT2D eigenvalue weighted by molar-refractivity contribution is -0.135. The molecule has 0 radical (unpaired) electrons. The van der Waals surface area contributed by atoms with Crippen molar-refractivity contribution >= 4 is 17.7 Å². The first kappa shape index (κ1) is 15.1. The number of nitrogens with zero attached hydrogens (tertiary/aromatic N) is 1. The van der Waals surface area contributed by atoms with Crippen LogP contribution in [0.25, 0.3) is 0 Å². The molecule has 1 aromatic rings. The van der Waals surface area contributed by atoms with Crippen molar-refractivity contribution in [3.8, 4) is 0 Å². The number of benzene rings is 1. The number of aliphatic hydroxyl groups is 1. The maximum absolute atomic E-state index is 11.9. The van der Waals surface area contributed by atoms with Gasteiger partial charge in [-0.2, -0.15) is 0 Å². The second kappa shape index (κ2) is 6.81. The summed E-state index contributed by atoms with van der Waals surface area (Å²) in [5, 5.41) is 9.22. The molecule has 0 aliphatic carbocycles. The van der Waals surface area contributed by atoms with E-state index in [2.05, 4.69) is 0 Å². The fraction of sp³-hybridized carbons (Fsp3) is 0.500. The van der Waals surface area contributed by atoms with Crippen molar-refractivity contribution in [3.05, 3.63) is 30.3 Å². The van der Waals surface area contributed by atoms with Gasteiger partial charge in [-0.15, -0.1) is 11.8 Å². The fourth-order valence-corrected chi connectivity index (χ4v) is 2.25. The summed E-state index contributed by atoms with van der Waals surface area (Å²) in [6.45, 7) is 3.69. The highest BCUT2D eigenvalue weighted by molar-refractivity contribution is 7.99. The molecule has 0 saturated carbocycles. The van der Waals surface area contributed by atoms with Gasteiger partial charge in [-0.3, -0.25) is 4.79 Å². The van der Waals surface area contributed by atoms with Crippen molar-refractivity contribution in [3.63, 3.8) is 0 Å². The van der Waals surface area contributed by atoms with Gasteiger partial charge in [0.2, 0.25) is 5.91 Å². The normalized spacial score (nSPS) is 11.3. The van der Waals surface area contributed by atoms with Crippen LogP contribution < -0.4 is 0 Å². The van der Waals surface area contributed by atoms with E-state index >= 15 is 0 Å². The number of likely N-dealkylation sites (N-methyl/N-ethyl adjacent to an activating group) is 1. The summed E-state index contributed by atoms with van der Waals surface area (Å²) in [6.07, 6.45) is 0.486. The van der Waals surface area contributed by atoms with E-state index in [4.69, 9.17) is 0 Å². The second-order valence-electron chi connectivity index (χ2n) is 4.83. The minimum atomic E-state index is -0.492. The monoisotopic (exact) mass is 267 g/mol. The van der Waals surface area contributed by atoms with Crippen molar-refractivity contribution in [2.75, 3.05) is 19.4 Å². The Kier molecular flexibility index (Phi) is 5.69. The van der Waals surface area contributed by atoms with Crippen LogP contribution in [-0.2, 0) is 4.79 Å². The fourth-order valence-electron chi connectivity index (χ4n) is 1.38. The van der Waals surface area contributed by atoms with Gasteiger partial charge in [-0.1, -0.05) is 18.2 Å². The average molecular weight is 267 g/mol. The van der Waals surface area contributed by atoms with Crippen LogP contribution >= 0.6 is 11.8 Å². The molecule has 1 amide bonds. The smallest absolute Gasteiger partial charge is 0.223 e. The zero-order valence-corrected chi connectivity index (χ0v) is 12.0. The van der Waals surface area contributed by atoms with Gasteiger partial charge in [-0.25, -0.2) is 0 Å². The number of hydrogen-bond donors (Lipinski definition) is 1. The van der Waals surface area contributed by atoms with Gasteiger partial charge in [0, 0.05) is 24.1 Å². The highest BCUT2D eigenvalue weighted by Gasteiger charge is 2.26. The number of hydrogen-bond acceptors (Lipinski definition) is 3. The molecule has 4 heteroatoms. The summed E-state index contributed by atoms with van der Waals surface area (Å²) in [6, 6.07) is 10.0. The van der Waals surface area contributed by atoms with Crippen molar-refractivity contribution in [1.82, 2.24) is 4.90 Å². The highest BCUT2D eigenvalue weighted by atomic mass is 32.2. The summed E-state index contributed by atoms with van der Waals surface area (Å²) >= 11 is 1.67. The van der Waals surface area contributed by atoms with Gasteiger partial charge < -0.3 is 10.0 Å². The molecule has 0 saturated heterocycles. The van der Waals surface area contributed by atoms with Gasteiger partial charge in [0.05, 0.1) is 12.1 Å². The molecule has 100 valence electrons. The van der Waals surface area contributed by atoms with E-state index in [1.54, 1.807) is 23.7 Å². The van der Waals surface area contributed by atoms with Crippen molar-refractivity contribution < 1.29 is 9.90 Å². The quantitative estimate of drug-likeness (QED) is 0.805. The molecule has 0 unspecified atom stereocenters. The number of amides is 1. The van der Waals surface area contributed by atoms with Gasteiger partial charge in [0.15, 0.2) is 0 Å². The summed E-state index contributed by atoms with van der Waals surface area (Å²) in [4.78, 5) is 14.7.